The second kappa shape index (κ2) is 4.47. The molecule has 1 aliphatic heterocycles. The first-order chi connectivity index (χ1) is 9.39. The Balaban J connectivity index is 1.91. The van der Waals surface area contributed by atoms with Crippen molar-refractivity contribution in [1.29, 1.82) is 0 Å². The SMILES string of the molecule is CC1(C)OB(c2cccc(-c3ncc[nH]3)c2)OC1(C)C. The van der Waals surface area contributed by atoms with E-state index in [0.717, 1.165) is 16.9 Å². The molecule has 0 atom stereocenters. The average Bonchev–Trinajstić information content (AvgIpc) is 2.97. The maximum atomic E-state index is 6.07. The van der Waals surface area contributed by atoms with Gasteiger partial charge in [0.05, 0.1) is 11.2 Å². The number of nitrogens with zero attached hydrogens (tertiary/aromatic N) is 1. The van der Waals surface area contributed by atoms with Crippen LogP contribution in [0.1, 0.15) is 27.7 Å². The first-order valence-electron chi connectivity index (χ1n) is 6.84. The topological polar surface area (TPSA) is 47.1 Å². The van der Waals surface area contributed by atoms with Crippen LogP contribution in [0.5, 0.6) is 0 Å². The van der Waals surface area contributed by atoms with Gasteiger partial charge in [0, 0.05) is 18.0 Å². The fourth-order valence-corrected chi connectivity index (χ4v) is 2.23. The highest BCUT2D eigenvalue weighted by Crippen LogP contribution is 2.36. The number of aromatic amines is 1. The molecule has 2 aromatic rings. The second-order valence-electron chi connectivity index (χ2n) is 6.15. The predicted octanol–water partition coefficient (Wildman–Crippen LogP) is 2.38. The Bertz CT molecular complexity index is 592. The van der Waals surface area contributed by atoms with E-state index in [9.17, 15) is 0 Å². The smallest absolute Gasteiger partial charge is 0.399 e. The minimum atomic E-state index is -0.338. The van der Waals surface area contributed by atoms with Crippen molar-refractivity contribution in [2.75, 3.05) is 0 Å². The standard InChI is InChI=1S/C15H19BN2O2/c1-14(2)15(3,4)20-16(19-14)12-7-5-6-11(10-12)13-17-8-9-18-13/h5-10H,1-4H3,(H,17,18). The zero-order valence-electron chi connectivity index (χ0n) is 12.3. The molecule has 0 radical (unpaired) electrons. The summed E-state index contributed by atoms with van der Waals surface area (Å²) in [5.41, 5.74) is 1.40. The lowest BCUT2D eigenvalue weighted by Crippen LogP contribution is -2.41. The highest BCUT2D eigenvalue weighted by molar-refractivity contribution is 6.62. The normalized spacial score (nSPS) is 20.3. The van der Waals surface area contributed by atoms with Crippen molar-refractivity contribution >= 4 is 12.6 Å². The molecular formula is C15H19BN2O2. The Labute approximate surface area is 119 Å². The summed E-state index contributed by atoms with van der Waals surface area (Å²) in [5, 5.41) is 0. The van der Waals surface area contributed by atoms with Crippen LogP contribution in [0, 0.1) is 0 Å². The predicted molar refractivity (Wildman–Crippen MR) is 79.7 cm³/mol. The van der Waals surface area contributed by atoms with Gasteiger partial charge in [-0.2, -0.15) is 0 Å². The molecule has 1 aliphatic rings. The molecule has 4 nitrogen and oxygen atoms in total. The summed E-state index contributed by atoms with van der Waals surface area (Å²) in [6, 6.07) is 8.10. The van der Waals surface area contributed by atoms with E-state index in [0.29, 0.717) is 0 Å². The molecule has 0 spiro atoms. The van der Waals surface area contributed by atoms with Crippen molar-refractivity contribution in [2.24, 2.45) is 0 Å². The number of aromatic nitrogens is 2. The number of hydrogen-bond acceptors (Lipinski definition) is 3. The van der Waals surface area contributed by atoms with Gasteiger partial charge in [-0.25, -0.2) is 4.98 Å². The summed E-state index contributed by atoms with van der Waals surface area (Å²) < 4.78 is 12.1. The zero-order chi connectivity index (χ0) is 14.4. The molecule has 5 heteroatoms. The van der Waals surface area contributed by atoms with E-state index in [2.05, 4.69) is 43.7 Å². The van der Waals surface area contributed by atoms with Crippen LogP contribution in [0.3, 0.4) is 0 Å². The number of H-pyrrole nitrogens is 1. The Kier molecular flexibility index (Phi) is 2.99. The molecule has 2 heterocycles. The summed E-state index contributed by atoms with van der Waals surface area (Å²) in [5.74, 6) is 0.850. The van der Waals surface area contributed by atoms with Gasteiger partial charge in [-0.15, -0.1) is 0 Å². The van der Waals surface area contributed by atoms with E-state index in [1.807, 2.05) is 24.4 Å². The first kappa shape index (κ1) is 13.4. The number of benzene rings is 1. The lowest BCUT2D eigenvalue weighted by Gasteiger charge is -2.32. The molecule has 0 aliphatic carbocycles. The summed E-state index contributed by atoms with van der Waals surface area (Å²) in [4.78, 5) is 7.39. The Morgan fingerprint density at radius 2 is 1.80 bits per heavy atom. The van der Waals surface area contributed by atoms with E-state index >= 15 is 0 Å². The molecule has 3 rings (SSSR count). The van der Waals surface area contributed by atoms with Crippen molar-refractivity contribution < 1.29 is 9.31 Å². The van der Waals surface area contributed by atoms with Gasteiger partial charge in [-0.05, 0) is 33.2 Å². The molecule has 104 valence electrons. The maximum absolute atomic E-state index is 6.07. The second-order valence-corrected chi connectivity index (χ2v) is 6.15. The lowest BCUT2D eigenvalue weighted by molar-refractivity contribution is 0.00578. The van der Waals surface area contributed by atoms with Crippen LogP contribution in [-0.4, -0.2) is 28.3 Å². The van der Waals surface area contributed by atoms with Crippen LogP contribution >= 0.6 is 0 Å². The molecule has 1 saturated heterocycles. The third-order valence-electron chi connectivity index (χ3n) is 4.18. The highest BCUT2D eigenvalue weighted by atomic mass is 16.7. The molecule has 1 N–H and O–H groups in total. The van der Waals surface area contributed by atoms with Gasteiger partial charge >= 0.3 is 7.12 Å². The molecule has 0 unspecified atom stereocenters. The summed E-state index contributed by atoms with van der Waals surface area (Å²) in [6.07, 6.45) is 3.56. The number of hydrogen-bond donors (Lipinski definition) is 1. The minimum absolute atomic E-state index is 0.321. The van der Waals surface area contributed by atoms with Crippen molar-refractivity contribution in [1.82, 2.24) is 9.97 Å². The molecule has 1 fully saturated rings. The molecular weight excluding hydrogens is 251 g/mol. The fourth-order valence-electron chi connectivity index (χ4n) is 2.23. The van der Waals surface area contributed by atoms with E-state index in [4.69, 9.17) is 9.31 Å². The Morgan fingerprint density at radius 3 is 2.40 bits per heavy atom. The van der Waals surface area contributed by atoms with Gasteiger partial charge in [-0.1, -0.05) is 24.3 Å². The average molecular weight is 270 g/mol. The van der Waals surface area contributed by atoms with Crippen LogP contribution in [0.2, 0.25) is 0 Å². The Morgan fingerprint density at radius 1 is 1.10 bits per heavy atom. The summed E-state index contributed by atoms with van der Waals surface area (Å²) in [7, 11) is -0.338. The maximum Gasteiger partial charge on any atom is 0.494 e. The fraction of sp³-hybridized carbons (Fsp3) is 0.400. The third-order valence-corrected chi connectivity index (χ3v) is 4.18. The van der Waals surface area contributed by atoms with E-state index in [1.165, 1.54) is 0 Å². The van der Waals surface area contributed by atoms with Crippen LogP contribution in [0.4, 0.5) is 0 Å². The van der Waals surface area contributed by atoms with E-state index < -0.39 is 0 Å². The van der Waals surface area contributed by atoms with Gasteiger partial charge in [0.15, 0.2) is 0 Å². The van der Waals surface area contributed by atoms with Gasteiger partial charge < -0.3 is 14.3 Å². The van der Waals surface area contributed by atoms with Crippen molar-refractivity contribution in [3.05, 3.63) is 36.7 Å². The molecule has 1 aromatic heterocycles. The zero-order valence-corrected chi connectivity index (χ0v) is 12.3. The Hall–Kier alpha value is -1.59. The molecule has 0 saturated carbocycles. The number of rotatable bonds is 2. The number of nitrogens with one attached hydrogen (secondary N) is 1. The van der Waals surface area contributed by atoms with Crippen LogP contribution in [0.25, 0.3) is 11.4 Å². The number of imidazole rings is 1. The molecule has 0 amide bonds. The van der Waals surface area contributed by atoms with Gasteiger partial charge in [-0.3, -0.25) is 0 Å². The van der Waals surface area contributed by atoms with Crippen LogP contribution in [-0.2, 0) is 9.31 Å². The first-order valence-corrected chi connectivity index (χ1v) is 6.84. The molecule has 0 bridgehead atoms. The van der Waals surface area contributed by atoms with Gasteiger partial charge in [0.2, 0.25) is 0 Å². The largest absolute Gasteiger partial charge is 0.494 e. The summed E-state index contributed by atoms with van der Waals surface area (Å²) >= 11 is 0. The molecule has 20 heavy (non-hydrogen) atoms. The van der Waals surface area contributed by atoms with E-state index in [-0.39, 0.29) is 18.3 Å². The quantitative estimate of drug-likeness (QED) is 0.852. The highest BCUT2D eigenvalue weighted by Gasteiger charge is 2.51. The lowest BCUT2D eigenvalue weighted by atomic mass is 9.78. The van der Waals surface area contributed by atoms with Crippen LogP contribution < -0.4 is 5.46 Å². The monoisotopic (exact) mass is 270 g/mol. The van der Waals surface area contributed by atoms with Crippen molar-refractivity contribution in [3.63, 3.8) is 0 Å². The van der Waals surface area contributed by atoms with Crippen LogP contribution in [0.15, 0.2) is 36.7 Å². The summed E-state index contributed by atoms with van der Waals surface area (Å²) in [6.45, 7) is 8.24. The van der Waals surface area contributed by atoms with Crippen molar-refractivity contribution in [3.8, 4) is 11.4 Å². The van der Waals surface area contributed by atoms with E-state index in [1.54, 1.807) is 6.20 Å². The third kappa shape index (κ3) is 2.17. The van der Waals surface area contributed by atoms with Crippen molar-refractivity contribution in [2.45, 2.75) is 38.9 Å². The molecule has 1 aromatic carbocycles. The van der Waals surface area contributed by atoms with Gasteiger partial charge in [0.1, 0.15) is 5.82 Å². The minimum Gasteiger partial charge on any atom is -0.399 e. The van der Waals surface area contributed by atoms with Gasteiger partial charge in [0.25, 0.3) is 0 Å².